The van der Waals surface area contributed by atoms with Gasteiger partial charge in [-0.3, -0.25) is 0 Å². The second kappa shape index (κ2) is 8.45. The van der Waals surface area contributed by atoms with Crippen molar-refractivity contribution in [3.63, 3.8) is 0 Å². The molecule has 0 saturated carbocycles. The number of hydrogen-bond acceptors (Lipinski definition) is 0. The average molecular weight is 573 g/mol. The Morgan fingerprint density at radius 1 is 0.464 bits per heavy atom. The molecule has 0 aliphatic carbocycles. The van der Waals surface area contributed by atoms with E-state index in [-0.39, 0.29) is 19.3 Å². The summed E-state index contributed by atoms with van der Waals surface area (Å²) in [6.45, 7) is 27.7. The first-order valence-electron chi connectivity index (χ1n) is 10.5. The van der Waals surface area contributed by atoms with E-state index in [0.29, 0.717) is 0 Å². The third kappa shape index (κ3) is 4.49. The molecule has 0 spiro atoms. The van der Waals surface area contributed by atoms with Crippen molar-refractivity contribution in [2.45, 2.75) is 65.5 Å². The summed E-state index contributed by atoms with van der Waals surface area (Å²) in [4.78, 5) is 0. The summed E-state index contributed by atoms with van der Waals surface area (Å²) in [5.41, 5.74) is -1.67. The van der Waals surface area contributed by atoms with Gasteiger partial charge >= 0.3 is 188 Å². The van der Waals surface area contributed by atoms with Crippen molar-refractivity contribution in [3.05, 3.63) is 60.7 Å². The van der Waals surface area contributed by atoms with Crippen molar-refractivity contribution in [2.24, 2.45) is 0 Å². The third-order valence-electron chi connectivity index (χ3n) is 6.18. The van der Waals surface area contributed by atoms with E-state index >= 15 is 0 Å². The predicted molar refractivity (Wildman–Crippen MR) is 145 cm³/mol. The fraction of sp³-hybridized carbons (Fsp3) is 0.455. The molecule has 28 heavy (non-hydrogen) atoms. The van der Waals surface area contributed by atoms with E-state index in [1.807, 2.05) is 0 Å². The minimum absolute atomic E-state index is 0.0966. The van der Waals surface area contributed by atoms with Crippen LogP contribution in [0, 0.1) is 0 Å². The van der Waals surface area contributed by atoms with Gasteiger partial charge in [0.15, 0.2) is 0 Å². The molecule has 0 bridgehead atoms. The van der Waals surface area contributed by atoms with Gasteiger partial charge < -0.3 is 0 Å². The molecule has 0 nitrogen and oxygen atoms in total. The van der Waals surface area contributed by atoms with Crippen LogP contribution in [0.4, 0.5) is 0 Å². The van der Waals surface area contributed by atoms with Crippen LogP contribution < -0.4 is 10.4 Å². The molecule has 0 heterocycles. The molecule has 0 aromatic heterocycles. The zero-order chi connectivity index (χ0) is 21.4. The van der Waals surface area contributed by atoms with Crippen molar-refractivity contribution in [1.29, 1.82) is 0 Å². The van der Waals surface area contributed by atoms with Gasteiger partial charge in [0.25, 0.3) is 0 Å². The minimum atomic E-state index is -1.67. The molecule has 0 N–H and O–H groups in total. The first-order valence-corrected chi connectivity index (χ1v) is 35.3. The summed E-state index contributed by atoms with van der Waals surface area (Å²) < 4.78 is -1.29. The predicted octanol–water partition coefficient (Wildman–Crippen LogP) is 5.28. The van der Waals surface area contributed by atoms with Gasteiger partial charge in [-0.2, -0.15) is 0 Å². The standard InChI is InChI=1S/C22H40Si5Te/c1-23(2,3)27(24(4,5)6,25(7,8)9)28-26(10,21-17-13-11-14-18-21)22-19-15-12-16-20-22/h11-20H,1-10H3. The zero-order valence-electron chi connectivity index (χ0n) is 19.7. The van der Waals surface area contributed by atoms with Gasteiger partial charge in [0.05, 0.1) is 0 Å². The zero-order valence-corrected chi connectivity index (χ0v) is 27.0. The van der Waals surface area contributed by atoms with Crippen LogP contribution in [0.3, 0.4) is 0 Å². The topological polar surface area (TPSA) is 0 Å². The van der Waals surface area contributed by atoms with Crippen LogP contribution in [0.5, 0.6) is 0 Å². The molecule has 154 valence electrons. The summed E-state index contributed by atoms with van der Waals surface area (Å²) >= 11 is -0.0966. The van der Waals surface area contributed by atoms with Gasteiger partial charge in [0.1, 0.15) is 0 Å². The first kappa shape index (κ1) is 24.6. The van der Waals surface area contributed by atoms with E-state index in [0.717, 1.165) is 0 Å². The Morgan fingerprint density at radius 3 is 1.00 bits per heavy atom. The van der Waals surface area contributed by atoms with Crippen molar-refractivity contribution < 1.29 is 0 Å². The molecular formula is C22H40Si5Te. The second-order valence-corrected chi connectivity index (χ2v) is 82.5. The van der Waals surface area contributed by atoms with E-state index in [2.05, 4.69) is 126 Å². The Bertz CT molecular complexity index is 695. The summed E-state index contributed by atoms with van der Waals surface area (Å²) in [7, 11) is -3.69. The molecule has 2 aromatic carbocycles. The van der Waals surface area contributed by atoms with Gasteiger partial charge in [-0.15, -0.1) is 0 Å². The molecule has 0 aliphatic rings. The van der Waals surface area contributed by atoms with Crippen molar-refractivity contribution >= 4 is 62.3 Å². The molecule has 0 atom stereocenters. The van der Waals surface area contributed by atoms with Gasteiger partial charge in [0, 0.05) is 0 Å². The molecule has 0 fully saturated rings. The Labute approximate surface area is 187 Å². The normalized spacial score (nSPS) is 14.2. The Kier molecular flexibility index (Phi) is 7.42. The van der Waals surface area contributed by atoms with Gasteiger partial charge in [-0.25, -0.2) is 0 Å². The van der Waals surface area contributed by atoms with E-state index in [1.165, 1.54) is 0 Å². The maximum absolute atomic E-state index is 2.77. The first-order chi connectivity index (χ1) is 12.7. The SMILES string of the molecule is C[Si]([Te][Si]([Si](C)(C)C)([Si](C)(C)C)[Si](C)(C)C)(c1ccccc1)c1ccccc1. The van der Waals surface area contributed by atoms with E-state index in [4.69, 9.17) is 0 Å². The molecule has 6 heteroatoms. The number of rotatable bonds is 7. The summed E-state index contributed by atoms with van der Waals surface area (Å²) in [5.74, 6) is 0. The van der Waals surface area contributed by atoms with Crippen molar-refractivity contribution in [1.82, 2.24) is 0 Å². The summed E-state index contributed by atoms with van der Waals surface area (Å²) in [5, 5.41) is 3.41. The number of hydrogen-bond donors (Lipinski definition) is 0. The summed E-state index contributed by atoms with van der Waals surface area (Å²) in [6, 6.07) is 23.4. The van der Waals surface area contributed by atoms with E-state index in [9.17, 15) is 0 Å². The van der Waals surface area contributed by atoms with Crippen LogP contribution in [0.2, 0.25) is 65.5 Å². The monoisotopic (exact) mass is 574 g/mol. The van der Waals surface area contributed by atoms with E-state index < -0.39 is 32.6 Å². The number of benzene rings is 2. The molecule has 2 rings (SSSR count). The van der Waals surface area contributed by atoms with Crippen LogP contribution >= 0.6 is 0 Å². The molecule has 0 saturated heterocycles. The molecule has 0 aliphatic heterocycles. The Morgan fingerprint density at radius 2 is 0.750 bits per heavy atom. The van der Waals surface area contributed by atoms with E-state index in [1.54, 1.807) is 10.4 Å². The van der Waals surface area contributed by atoms with Gasteiger partial charge in [0.2, 0.25) is 0 Å². The molecule has 0 radical (unpaired) electrons. The van der Waals surface area contributed by atoms with Gasteiger partial charge in [-0.1, -0.05) is 0 Å². The fourth-order valence-corrected chi connectivity index (χ4v) is 243. The van der Waals surface area contributed by atoms with Crippen molar-refractivity contribution in [2.75, 3.05) is 0 Å². The third-order valence-corrected chi connectivity index (χ3v) is 166. The van der Waals surface area contributed by atoms with Gasteiger partial charge in [-0.05, 0) is 0 Å². The molecular weight excluding hydrogens is 532 g/mol. The van der Waals surface area contributed by atoms with Crippen LogP contribution in [-0.2, 0) is 0 Å². The average Bonchev–Trinajstić information content (AvgIpc) is 2.57. The second-order valence-electron chi connectivity index (χ2n) is 11.3. The maximum atomic E-state index is 2.77. The van der Waals surface area contributed by atoms with Crippen LogP contribution in [0.1, 0.15) is 0 Å². The summed E-state index contributed by atoms with van der Waals surface area (Å²) in [6.07, 6.45) is 0. The quantitative estimate of drug-likeness (QED) is 0.397. The van der Waals surface area contributed by atoms with Crippen LogP contribution in [0.25, 0.3) is 0 Å². The molecule has 0 amide bonds. The van der Waals surface area contributed by atoms with Crippen LogP contribution in [0.15, 0.2) is 60.7 Å². The Hall–Kier alpha value is 0.314. The fourth-order valence-electron chi connectivity index (χ4n) is 5.94. The molecule has 2 aromatic rings. The Balaban J connectivity index is 2.83. The molecule has 0 unspecified atom stereocenters. The van der Waals surface area contributed by atoms with Crippen molar-refractivity contribution in [3.8, 4) is 0 Å². The van der Waals surface area contributed by atoms with Crippen LogP contribution in [-0.4, -0.2) is 51.9 Å².